The van der Waals surface area contributed by atoms with E-state index in [1.807, 2.05) is 18.2 Å². The smallest absolute Gasteiger partial charge is 0.0409 e. The molecule has 96 valence electrons. The van der Waals surface area contributed by atoms with Gasteiger partial charge in [-0.15, -0.1) is 0 Å². The summed E-state index contributed by atoms with van der Waals surface area (Å²) in [6.45, 7) is 10.6. The van der Waals surface area contributed by atoms with Gasteiger partial charge in [0, 0.05) is 29.7 Å². The first kappa shape index (κ1) is 14.5. The topological polar surface area (TPSA) is 24.1 Å². The molecule has 1 aromatic carbocycles. The minimum atomic E-state index is 0.182. The van der Waals surface area contributed by atoms with E-state index >= 15 is 0 Å². The summed E-state index contributed by atoms with van der Waals surface area (Å²) in [5.74, 6) is 0. The van der Waals surface area contributed by atoms with E-state index < -0.39 is 0 Å². The third kappa shape index (κ3) is 6.06. The van der Waals surface area contributed by atoms with Crippen LogP contribution in [0.2, 0.25) is 5.02 Å². The van der Waals surface area contributed by atoms with Gasteiger partial charge in [0.1, 0.15) is 0 Å². The molecule has 0 unspecified atom stereocenters. The summed E-state index contributed by atoms with van der Waals surface area (Å²) >= 11 is 5.97. The van der Waals surface area contributed by atoms with E-state index in [0.717, 1.165) is 18.1 Å². The van der Waals surface area contributed by atoms with Gasteiger partial charge in [0.15, 0.2) is 0 Å². The van der Waals surface area contributed by atoms with Gasteiger partial charge in [-0.25, -0.2) is 0 Å². The number of rotatable bonds is 5. The maximum Gasteiger partial charge on any atom is 0.0409 e. The van der Waals surface area contributed by atoms with Crippen LogP contribution in [0.4, 0.5) is 0 Å². The molecule has 0 radical (unpaired) electrons. The van der Waals surface area contributed by atoms with Crippen LogP contribution < -0.4 is 10.6 Å². The number of halogens is 1. The van der Waals surface area contributed by atoms with Crippen molar-refractivity contribution < 1.29 is 0 Å². The van der Waals surface area contributed by atoms with E-state index in [9.17, 15) is 0 Å². The molecular weight excluding hydrogens is 232 g/mol. The molecule has 0 bridgehead atoms. The summed E-state index contributed by atoms with van der Waals surface area (Å²) in [7, 11) is 0. The summed E-state index contributed by atoms with van der Waals surface area (Å²) in [6, 6.07) is 8.33. The van der Waals surface area contributed by atoms with E-state index in [1.54, 1.807) is 0 Å². The molecule has 0 saturated heterocycles. The lowest BCUT2D eigenvalue weighted by atomic mass is 10.1. The second-order valence-corrected chi connectivity index (χ2v) is 5.84. The second kappa shape index (κ2) is 6.39. The fourth-order valence-electron chi connectivity index (χ4n) is 1.62. The Morgan fingerprint density at radius 1 is 1.24 bits per heavy atom. The summed E-state index contributed by atoms with van der Waals surface area (Å²) in [5.41, 5.74) is 1.41. The van der Waals surface area contributed by atoms with Gasteiger partial charge in [-0.05, 0) is 45.4 Å². The number of hydrogen-bond acceptors (Lipinski definition) is 2. The molecule has 3 heteroatoms. The molecule has 0 aliphatic carbocycles. The van der Waals surface area contributed by atoms with Gasteiger partial charge in [0.2, 0.25) is 0 Å². The lowest BCUT2D eigenvalue weighted by molar-refractivity contribution is 0.414. The third-order valence-corrected chi connectivity index (χ3v) is 2.81. The lowest BCUT2D eigenvalue weighted by Crippen LogP contribution is -2.40. The quantitative estimate of drug-likeness (QED) is 0.788. The predicted octanol–water partition coefficient (Wildman–Crippen LogP) is 3.38. The predicted molar refractivity (Wildman–Crippen MR) is 75.6 cm³/mol. The highest BCUT2D eigenvalue weighted by Gasteiger charge is 2.08. The maximum absolute atomic E-state index is 5.97. The normalized spacial score (nSPS) is 13.7. The standard InChI is InChI=1S/C14H23ClN2/c1-11(12-6-5-7-13(15)10-12)16-8-9-17-14(2,3)4/h5-7,10-11,16-17H,8-9H2,1-4H3/t11-/m0/s1. The van der Waals surface area contributed by atoms with Gasteiger partial charge in [-0.2, -0.15) is 0 Å². The first-order chi connectivity index (χ1) is 7.88. The Balaban J connectivity index is 2.33. The minimum absolute atomic E-state index is 0.182. The van der Waals surface area contributed by atoms with Crippen molar-refractivity contribution in [1.82, 2.24) is 10.6 Å². The van der Waals surface area contributed by atoms with Crippen molar-refractivity contribution in [3.63, 3.8) is 0 Å². The van der Waals surface area contributed by atoms with Crippen LogP contribution >= 0.6 is 11.6 Å². The summed E-state index contributed by atoms with van der Waals surface area (Å²) < 4.78 is 0. The van der Waals surface area contributed by atoms with Crippen molar-refractivity contribution in [1.29, 1.82) is 0 Å². The van der Waals surface area contributed by atoms with Gasteiger partial charge < -0.3 is 10.6 Å². The second-order valence-electron chi connectivity index (χ2n) is 5.41. The van der Waals surface area contributed by atoms with Crippen molar-refractivity contribution in [2.24, 2.45) is 0 Å². The summed E-state index contributed by atoms with van der Waals surface area (Å²) in [4.78, 5) is 0. The zero-order valence-electron chi connectivity index (χ0n) is 11.2. The molecule has 1 aromatic rings. The molecule has 0 aliphatic heterocycles. The molecule has 0 aliphatic rings. The largest absolute Gasteiger partial charge is 0.311 e. The molecule has 1 rings (SSSR count). The van der Waals surface area contributed by atoms with Gasteiger partial charge in [0.25, 0.3) is 0 Å². The molecule has 2 N–H and O–H groups in total. The van der Waals surface area contributed by atoms with Crippen molar-refractivity contribution in [3.05, 3.63) is 34.9 Å². The Labute approximate surface area is 110 Å². The van der Waals surface area contributed by atoms with Crippen LogP contribution in [0.1, 0.15) is 39.3 Å². The van der Waals surface area contributed by atoms with Crippen molar-refractivity contribution in [2.75, 3.05) is 13.1 Å². The Bertz CT molecular complexity index is 344. The highest BCUT2D eigenvalue weighted by atomic mass is 35.5. The third-order valence-electron chi connectivity index (χ3n) is 2.58. The average molecular weight is 255 g/mol. The van der Waals surface area contributed by atoms with Gasteiger partial charge in [-0.1, -0.05) is 23.7 Å². The Morgan fingerprint density at radius 2 is 1.94 bits per heavy atom. The van der Waals surface area contributed by atoms with E-state index in [0.29, 0.717) is 6.04 Å². The van der Waals surface area contributed by atoms with Gasteiger partial charge in [-0.3, -0.25) is 0 Å². The summed E-state index contributed by atoms with van der Waals surface area (Å²) in [5, 5.41) is 7.72. The SMILES string of the molecule is C[C@H](NCCNC(C)(C)C)c1cccc(Cl)c1. The van der Waals surface area contributed by atoms with Gasteiger partial charge >= 0.3 is 0 Å². The van der Waals surface area contributed by atoms with Crippen molar-refractivity contribution in [3.8, 4) is 0 Å². The zero-order chi connectivity index (χ0) is 12.9. The number of hydrogen-bond donors (Lipinski definition) is 2. The zero-order valence-corrected chi connectivity index (χ0v) is 11.9. The molecule has 0 spiro atoms. The van der Waals surface area contributed by atoms with E-state index in [4.69, 9.17) is 11.6 Å². The van der Waals surface area contributed by atoms with Crippen molar-refractivity contribution >= 4 is 11.6 Å². The summed E-state index contributed by atoms with van der Waals surface area (Å²) in [6.07, 6.45) is 0. The molecule has 0 saturated carbocycles. The highest BCUT2D eigenvalue weighted by molar-refractivity contribution is 6.30. The molecule has 17 heavy (non-hydrogen) atoms. The maximum atomic E-state index is 5.97. The molecular formula is C14H23ClN2. The average Bonchev–Trinajstić information content (AvgIpc) is 2.23. The van der Waals surface area contributed by atoms with Crippen LogP contribution in [0, 0.1) is 0 Å². The minimum Gasteiger partial charge on any atom is -0.311 e. The van der Waals surface area contributed by atoms with Crippen LogP contribution in [0.25, 0.3) is 0 Å². The van der Waals surface area contributed by atoms with Crippen LogP contribution in [-0.2, 0) is 0 Å². The first-order valence-electron chi connectivity index (χ1n) is 6.12. The molecule has 2 nitrogen and oxygen atoms in total. The Kier molecular flexibility index (Phi) is 5.44. The molecule has 1 atom stereocenters. The van der Waals surface area contributed by atoms with Crippen LogP contribution in [0.15, 0.2) is 24.3 Å². The molecule has 0 fully saturated rings. The molecule has 0 amide bonds. The van der Waals surface area contributed by atoms with E-state index in [-0.39, 0.29) is 5.54 Å². The Hall–Kier alpha value is -0.570. The fourth-order valence-corrected chi connectivity index (χ4v) is 1.82. The molecule has 0 aromatic heterocycles. The Morgan fingerprint density at radius 3 is 2.53 bits per heavy atom. The van der Waals surface area contributed by atoms with Gasteiger partial charge in [0.05, 0.1) is 0 Å². The monoisotopic (exact) mass is 254 g/mol. The van der Waals surface area contributed by atoms with Crippen LogP contribution in [0.3, 0.4) is 0 Å². The number of benzene rings is 1. The van der Waals surface area contributed by atoms with E-state index in [2.05, 4.69) is 44.4 Å². The van der Waals surface area contributed by atoms with Crippen molar-refractivity contribution in [2.45, 2.75) is 39.3 Å². The van der Waals surface area contributed by atoms with Crippen LogP contribution in [-0.4, -0.2) is 18.6 Å². The first-order valence-corrected chi connectivity index (χ1v) is 6.50. The fraction of sp³-hybridized carbons (Fsp3) is 0.571. The molecule has 0 heterocycles. The van der Waals surface area contributed by atoms with E-state index in [1.165, 1.54) is 5.56 Å². The number of nitrogens with one attached hydrogen (secondary N) is 2. The van der Waals surface area contributed by atoms with Crippen LogP contribution in [0.5, 0.6) is 0 Å². The highest BCUT2D eigenvalue weighted by Crippen LogP contribution is 2.16. The lowest BCUT2D eigenvalue weighted by Gasteiger charge is -2.22.